The van der Waals surface area contributed by atoms with Gasteiger partial charge in [-0.1, -0.05) is 12.1 Å². The van der Waals surface area contributed by atoms with Gasteiger partial charge in [0, 0.05) is 33.3 Å². The summed E-state index contributed by atoms with van der Waals surface area (Å²) in [6.07, 6.45) is 0. The summed E-state index contributed by atoms with van der Waals surface area (Å²) in [6.45, 7) is 6.34. The van der Waals surface area contributed by atoms with Crippen LogP contribution in [0.1, 0.15) is 19.4 Å². The molecule has 21 heavy (non-hydrogen) atoms. The highest BCUT2D eigenvalue weighted by Gasteiger charge is 2.12. The fourth-order valence-corrected chi connectivity index (χ4v) is 1.65. The smallest absolute Gasteiger partial charge is 0.260 e. The Labute approximate surface area is 127 Å². The molecule has 5 nitrogen and oxygen atoms in total. The van der Waals surface area contributed by atoms with E-state index in [0.29, 0.717) is 12.4 Å². The fraction of sp³-hybridized carbons (Fsp3) is 0.562. The molecule has 0 fully saturated rings. The minimum atomic E-state index is -0.0182. The largest absolute Gasteiger partial charge is 0.484 e. The lowest BCUT2D eigenvalue weighted by molar-refractivity contribution is -0.133. The second-order valence-electron chi connectivity index (χ2n) is 5.20. The molecule has 0 saturated heterocycles. The first-order valence-corrected chi connectivity index (χ1v) is 7.21. The van der Waals surface area contributed by atoms with Gasteiger partial charge in [0.1, 0.15) is 5.75 Å². The number of nitrogens with zero attached hydrogens (tertiary/aromatic N) is 1. The molecule has 0 saturated carbocycles. The molecule has 1 N–H and O–H groups in total. The highest BCUT2D eigenvalue weighted by atomic mass is 16.5. The molecule has 0 unspecified atom stereocenters. The van der Waals surface area contributed by atoms with E-state index in [4.69, 9.17) is 9.47 Å². The van der Waals surface area contributed by atoms with E-state index >= 15 is 0 Å². The predicted octanol–water partition coefficient (Wildman–Crippen LogP) is 1.67. The third-order valence-corrected chi connectivity index (χ3v) is 3.27. The Morgan fingerprint density at radius 1 is 1.29 bits per heavy atom. The SMILES string of the molecule is COCCNCc1ccc(OCC(=O)N(C)C(C)C)cc1. The number of amides is 1. The van der Waals surface area contributed by atoms with Crippen molar-refractivity contribution in [1.29, 1.82) is 0 Å². The zero-order valence-electron chi connectivity index (χ0n) is 13.4. The van der Waals surface area contributed by atoms with Crippen molar-refractivity contribution in [1.82, 2.24) is 10.2 Å². The molecule has 1 rings (SSSR count). The molecule has 5 heteroatoms. The molecular weight excluding hydrogens is 268 g/mol. The topological polar surface area (TPSA) is 50.8 Å². The van der Waals surface area contributed by atoms with Gasteiger partial charge in [0.25, 0.3) is 5.91 Å². The molecule has 0 atom stereocenters. The molecular formula is C16H26N2O3. The Morgan fingerprint density at radius 2 is 1.95 bits per heavy atom. The van der Waals surface area contributed by atoms with Crippen molar-refractivity contribution in [3.05, 3.63) is 29.8 Å². The minimum Gasteiger partial charge on any atom is -0.484 e. The second kappa shape index (κ2) is 9.37. The van der Waals surface area contributed by atoms with Crippen LogP contribution in [0.5, 0.6) is 5.75 Å². The van der Waals surface area contributed by atoms with E-state index in [1.165, 1.54) is 5.56 Å². The van der Waals surface area contributed by atoms with E-state index < -0.39 is 0 Å². The Kier molecular flexibility index (Phi) is 7.79. The maximum Gasteiger partial charge on any atom is 0.260 e. The van der Waals surface area contributed by atoms with Crippen molar-refractivity contribution in [2.45, 2.75) is 26.4 Å². The van der Waals surface area contributed by atoms with Gasteiger partial charge in [-0.05, 0) is 31.5 Å². The van der Waals surface area contributed by atoms with Gasteiger partial charge in [-0.3, -0.25) is 4.79 Å². The zero-order chi connectivity index (χ0) is 15.7. The number of nitrogens with one attached hydrogen (secondary N) is 1. The molecule has 1 aromatic carbocycles. The summed E-state index contributed by atoms with van der Waals surface area (Å²) >= 11 is 0. The van der Waals surface area contributed by atoms with Gasteiger partial charge in [-0.2, -0.15) is 0 Å². The van der Waals surface area contributed by atoms with Gasteiger partial charge in [-0.15, -0.1) is 0 Å². The molecule has 0 aromatic heterocycles. The van der Waals surface area contributed by atoms with Crippen molar-refractivity contribution in [2.24, 2.45) is 0 Å². The van der Waals surface area contributed by atoms with Gasteiger partial charge in [0.05, 0.1) is 6.61 Å². The monoisotopic (exact) mass is 294 g/mol. The van der Waals surface area contributed by atoms with E-state index in [-0.39, 0.29) is 18.6 Å². The normalized spacial score (nSPS) is 10.7. The Bertz CT molecular complexity index is 418. The van der Waals surface area contributed by atoms with Gasteiger partial charge in [0.15, 0.2) is 6.61 Å². The summed E-state index contributed by atoms with van der Waals surface area (Å²) in [7, 11) is 3.47. The molecule has 1 amide bonds. The van der Waals surface area contributed by atoms with Crippen LogP contribution in [0.4, 0.5) is 0 Å². The molecule has 0 bridgehead atoms. The number of methoxy groups -OCH3 is 1. The number of carbonyl (C=O) groups excluding carboxylic acids is 1. The summed E-state index contributed by atoms with van der Waals surface area (Å²) in [5.41, 5.74) is 1.17. The molecule has 1 aromatic rings. The third kappa shape index (κ3) is 6.60. The molecule has 118 valence electrons. The molecule has 0 aliphatic rings. The van der Waals surface area contributed by atoms with Crippen molar-refractivity contribution in [3.63, 3.8) is 0 Å². The van der Waals surface area contributed by atoms with Gasteiger partial charge < -0.3 is 19.7 Å². The maximum absolute atomic E-state index is 11.8. The number of hydrogen-bond acceptors (Lipinski definition) is 4. The first-order chi connectivity index (χ1) is 10.0. The number of likely N-dealkylation sites (N-methyl/N-ethyl adjacent to an activating group) is 1. The summed E-state index contributed by atoms with van der Waals surface area (Å²) in [5.74, 6) is 0.691. The lowest BCUT2D eigenvalue weighted by Crippen LogP contribution is -2.36. The summed E-state index contributed by atoms with van der Waals surface area (Å²) in [4.78, 5) is 13.5. The van der Waals surface area contributed by atoms with Gasteiger partial charge in [0.2, 0.25) is 0 Å². The Hall–Kier alpha value is -1.59. The van der Waals surface area contributed by atoms with Crippen molar-refractivity contribution < 1.29 is 14.3 Å². The first-order valence-electron chi connectivity index (χ1n) is 7.21. The van der Waals surface area contributed by atoms with E-state index in [1.807, 2.05) is 38.1 Å². The summed E-state index contributed by atoms with van der Waals surface area (Å²) < 4.78 is 10.5. The third-order valence-electron chi connectivity index (χ3n) is 3.27. The Balaban J connectivity index is 2.35. The molecule has 0 aliphatic carbocycles. The number of rotatable bonds is 9. The fourth-order valence-electron chi connectivity index (χ4n) is 1.65. The van der Waals surface area contributed by atoms with Crippen LogP contribution in [0.3, 0.4) is 0 Å². The highest BCUT2D eigenvalue weighted by molar-refractivity contribution is 5.77. The van der Waals surface area contributed by atoms with Gasteiger partial charge in [-0.25, -0.2) is 0 Å². The van der Waals surface area contributed by atoms with Crippen LogP contribution in [0.25, 0.3) is 0 Å². The quantitative estimate of drug-likeness (QED) is 0.704. The van der Waals surface area contributed by atoms with E-state index in [9.17, 15) is 4.79 Å². The maximum atomic E-state index is 11.8. The van der Waals surface area contributed by atoms with Crippen molar-refractivity contribution >= 4 is 5.91 Å². The molecule has 0 aliphatic heterocycles. The van der Waals surface area contributed by atoms with Crippen molar-refractivity contribution in [3.8, 4) is 5.75 Å². The first kappa shape index (κ1) is 17.5. The van der Waals surface area contributed by atoms with Crippen LogP contribution in [-0.2, 0) is 16.1 Å². The molecule has 0 heterocycles. The molecule has 0 spiro atoms. The van der Waals surface area contributed by atoms with Crippen molar-refractivity contribution in [2.75, 3.05) is 33.9 Å². The Morgan fingerprint density at radius 3 is 2.52 bits per heavy atom. The summed E-state index contributed by atoms with van der Waals surface area (Å²) in [6, 6.07) is 7.94. The number of hydrogen-bond donors (Lipinski definition) is 1. The van der Waals surface area contributed by atoms with E-state index in [1.54, 1.807) is 19.1 Å². The second-order valence-corrected chi connectivity index (χ2v) is 5.20. The minimum absolute atomic E-state index is 0.0182. The predicted molar refractivity (Wildman–Crippen MR) is 83.4 cm³/mol. The van der Waals surface area contributed by atoms with Crippen LogP contribution in [0, 0.1) is 0 Å². The summed E-state index contributed by atoms with van der Waals surface area (Å²) in [5, 5.41) is 3.27. The van der Waals surface area contributed by atoms with Crippen LogP contribution in [-0.4, -0.2) is 50.8 Å². The molecule has 0 radical (unpaired) electrons. The lowest BCUT2D eigenvalue weighted by Gasteiger charge is -2.21. The standard InChI is InChI=1S/C16H26N2O3/c1-13(2)18(3)16(19)12-21-15-7-5-14(6-8-15)11-17-9-10-20-4/h5-8,13,17H,9-12H2,1-4H3. The average molecular weight is 294 g/mol. The highest BCUT2D eigenvalue weighted by Crippen LogP contribution is 2.12. The number of benzene rings is 1. The van der Waals surface area contributed by atoms with Crippen LogP contribution < -0.4 is 10.1 Å². The van der Waals surface area contributed by atoms with Crippen LogP contribution >= 0.6 is 0 Å². The van der Waals surface area contributed by atoms with E-state index in [0.717, 1.165) is 13.1 Å². The number of ether oxygens (including phenoxy) is 2. The van der Waals surface area contributed by atoms with Crippen LogP contribution in [0.15, 0.2) is 24.3 Å². The zero-order valence-corrected chi connectivity index (χ0v) is 13.4. The number of carbonyl (C=O) groups is 1. The lowest BCUT2D eigenvalue weighted by atomic mass is 10.2. The average Bonchev–Trinajstić information content (AvgIpc) is 2.49. The van der Waals surface area contributed by atoms with E-state index in [2.05, 4.69) is 5.32 Å². The van der Waals surface area contributed by atoms with Crippen LogP contribution in [0.2, 0.25) is 0 Å². The van der Waals surface area contributed by atoms with Gasteiger partial charge >= 0.3 is 0 Å².